The molecule has 24 heavy (non-hydrogen) atoms. The van der Waals surface area contributed by atoms with Gasteiger partial charge >= 0.3 is 0 Å². The molecule has 0 aromatic heterocycles. The molecule has 1 aliphatic rings. The average Bonchev–Trinajstić information content (AvgIpc) is 2.62. The van der Waals surface area contributed by atoms with Crippen molar-refractivity contribution in [2.75, 3.05) is 6.54 Å². The second kappa shape index (κ2) is 6.62. The Morgan fingerprint density at radius 3 is 2.46 bits per heavy atom. The Morgan fingerprint density at radius 1 is 0.833 bits per heavy atom. The van der Waals surface area contributed by atoms with Crippen LogP contribution in [-0.2, 0) is 13.0 Å². The first-order valence-electron chi connectivity index (χ1n) is 8.31. The van der Waals surface area contributed by atoms with Crippen LogP contribution < -0.4 is 0 Å². The van der Waals surface area contributed by atoms with E-state index < -0.39 is 0 Å². The number of nitrogens with zero attached hydrogens (tertiary/aromatic N) is 1. The second-order valence-electron chi connectivity index (χ2n) is 6.17. The molecule has 0 saturated heterocycles. The summed E-state index contributed by atoms with van der Waals surface area (Å²) >= 11 is 6.27. The van der Waals surface area contributed by atoms with E-state index in [9.17, 15) is 0 Å². The summed E-state index contributed by atoms with van der Waals surface area (Å²) < 4.78 is 2.48. The lowest BCUT2D eigenvalue weighted by atomic mass is 9.92. The summed E-state index contributed by atoms with van der Waals surface area (Å²) in [5.74, 6) is 0. The third kappa shape index (κ3) is 3.00. The molecule has 0 bridgehead atoms. The van der Waals surface area contributed by atoms with Crippen LogP contribution >= 0.6 is 11.6 Å². The molecule has 3 aromatic rings. The Bertz CT molecular complexity index is 897. The number of hydrogen-bond donors (Lipinski definition) is 0. The van der Waals surface area contributed by atoms with Crippen LogP contribution in [0.3, 0.4) is 0 Å². The molecular formula is C22H19ClN+. The lowest BCUT2D eigenvalue weighted by Gasteiger charge is -2.19. The van der Waals surface area contributed by atoms with Crippen LogP contribution in [0.15, 0.2) is 78.9 Å². The highest BCUT2D eigenvalue weighted by molar-refractivity contribution is 6.31. The molecule has 1 heterocycles. The van der Waals surface area contributed by atoms with Gasteiger partial charge in [0.1, 0.15) is 6.54 Å². The third-order valence-corrected chi connectivity index (χ3v) is 4.79. The molecule has 0 saturated carbocycles. The van der Waals surface area contributed by atoms with Crippen LogP contribution in [0.4, 0.5) is 0 Å². The quantitative estimate of drug-likeness (QED) is 0.597. The van der Waals surface area contributed by atoms with E-state index in [1.54, 1.807) is 0 Å². The molecule has 4 rings (SSSR count). The van der Waals surface area contributed by atoms with E-state index in [2.05, 4.69) is 71.3 Å². The van der Waals surface area contributed by atoms with E-state index in [4.69, 9.17) is 11.6 Å². The molecule has 0 amide bonds. The summed E-state index contributed by atoms with van der Waals surface area (Å²) in [6.45, 7) is 1.94. The average molecular weight is 333 g/mol. The van der Waals surface area contributed by atoms with Crippen LogP contribution in [0.25, 0.3) is 0 Å². The summed E-state index contributed by atoms with van der Waals surface area (Å²) in [6.07, 6.45) is 1.08. The van der Waals surface area contributed by atoms with Crippen LogP contribution in [-0.4, -0.2) is 16.8 Å². The van der Waals surface area contributed by atoms with Gasteiger partial charge in [-0.25, -0.2) is 4.58 Å². The largest absolute Gasteiger partial charge is 0.224 e. The molecule has 0 unspecified atom stereocenters. The molecule has 1 aliphatic heterocycles. The minimum absolute atomic E-state index is 0.780. The summed E-state index contributed by atoms with van der Waals surface area (Å²) in [5, 5.41) is 0.780. The van der Waals surface area contributed by atoms with Crippen molar-refractivity contribution in [3.05, 3.63) is 106 Å². The Hall–Kier alpha value is -2.38. The summed E-state index contributed by atoms with van der Waals surface area (Å²) in [6, 6.07) is 27.5. The maximum Gasteiger partial charge on any atom is 0.215 e. The smallest absolute Gasteiger partial charge is 0.215 e. The summed E-state index contributed by atoms with van der Waals surface area (Å²) in [4.78, 5) is 0. The van der Waals surface area contributed by atoms with Gasteiger partial charge < -0.3 is 0 Å². The zero-order valence-corrected chi connectivity index (χ0v) is 14.2. The monoisotopic (exact) mass is 332 g/mol. The lowest BCUT2D eigenvalue weighted by molar-refractivity contribution is -0.544. The predicted molar refractivity (Wildman–Crippen MR) is 100 cm³/mol. The standard InChI is InChI=1S/C22H19ClN/c23-20-11-6-10-19(15-20)22-21-12-5-4-9-18(21)13-14-24(22)16-17-7-2-1-3-8-17/h1-12,15H,13-14,16H2/q+1. The Morgan fingerprint density at radius 2 is 1.62 bits per heavy atom. The Labute approximate surface area is 147 Å². The number of halogens is 1. The van der Waals surface area contributed by atoms with Crippen molar-refractivity contribution >= 4 is 17.3 Å². The zero-order chi connectivity index (χ0) is 16.4. The van der Waals surface area contributed by atoms with Crippen molar-refractivity contribution in [1.29, 1.82) is 0 Å². The summed E-state index contributed by atoms with van der Waals surface area (Å²) in [5.41, 5.74) is 6.53. The Balaban J connectivity index is 1.87. The fraction of sp³-hybridized carbons (Fsp3) is 0.136. The molecule has 0 N–H and O–H groups in total. The minimum atomic E-state index is 0.780. The number of hydrogen-bond acceptors (Lipinski definition) is 0. The van der Waals surface area contributed by atoms with E-state index in [0.717, 1.165) is 24.5 Å². The third-order valence-electron chi connectivity index (χ3n) is 4.55. The van der Waals surface area contributed by atoms with Gasteiger partial charge in [0.25, 0.3) is 0 Å². The maximum absolute atomic E-state index is 6.27. The van der Waals surface area contributed by atoms with Crippen molar-refractivity contribution < 1.29 is 4.58 Å². The topological polar surface area (TPSA) is 3.01 Å². The highest BCUT2D eigenvalue weighted by Crippen LogP contribution is 2.23. The predicted octanol–water partition coefficient (Wildman–Crippen LogP) is 4.95. The molecule has 0 fully saturated rings. The van der Waals surface area contributed by atoms with Crippen LogP contribution in [0.2, 0.25) is 5.02 Å². The van der Waals surface area contributed by atoms with Gasteiger partial charge in [0.05, 0.1) is 0 Å². The van der Waals surface area contributed by atoms with E-state index in [-0.39, 0.29) is 0 Å². The highest BCUT2D eigenvalue weighted by Gasteiger charge is 2.27. The van der Waals surface area contributed by atoms with Crippen molar-refractivity contribution in [2.24, 2.45) is 0 Å². The van der Waals surface area contributed by atoms with Crippen molar-refractivity contribution in [3.63, 3.8) is 0 Å². The molecule has 2 heteroatoms. The highest BCUT2D eigenvalue weighted by atomic mass is 35.5. The number of fused-ring (bicyclic) bond motifs is 1. The van der Waals surface area contributed by atoms with Crippen LogP contribution in [0, 0.1) is 0 Å². The summed E-state index contributed by atoms with van der Waals surface area (Å²) in [7, 11) is 0. The lowest BCUT2D eigenvalue weighted by Crippen LogP contribution is -2.30. The van der Waals surface area contributed by atoms with Gasteiger partial charge in [-0.2, -0.15) is 0 Å². The van der Waals surface area contributed by atoms with E-state index >= 15 is 0 Å². The molecule has 0 aliphatic carbocycles. The number of benzene rings is 3. The van der Waals surface area contributed by atoms with Gasteiger partial charge in [0.2, 0.25) is 5.71 Å². The molecule has 0 spiro atoms. The van der Waals surface area contributed by atoms with Gasteiger partial charge in [0.15, 0.2) is 6.54 Å². The van der Waals surface area contributed by atoms with Crippen molar-refractivity contribution in [2.45, 2.75) is 13.0 Å². The number of rotatable bonds is 3. The van der Waals surface area contributed by atoms with E-state index in [1.807, 2.05) is 12.1 Å². The molecule has 3 aromatic carbocycles. The van der Waals surface area contributed by atoms with Crippen molar-refractivity contribution in [1.82, 2.24) is 0 Å². The fourth-order valence-electron chi connectivity index (χ4n) is 3.44. The van der Waals surface area contributed by atoms with E-state index in [0.29, 0.717) is 0 Å². The van der Waals surface area contributed by atoms with Crippen LogP contribution in [0.1, 0.15) is 22.3 Å². The first kappa shape index (κ1) is 15.2. The maximum atomic E-state index is 6.27. The molecule has 0 radical (unpaired) electrons. The zero-order valence-electron chi connectivity index (χ0n) is 13.5. The first-order valence-corrected chi connectivity index (χ1v) is 8.69. The van der Waals surface area contributed by atoms with Crippen molar-refractivity contribution in [3.8, 4) is 0 Å². The molecule has 1 nitrogen and oxygen atoms in total. The molecular weight excluding hydrogens is 314 g/mol. The van der Waals surface area contributed by atoms with E-state index in [1.165, 1.54) is 28.0 Å². The fourth-order valence-corrected chi connectivity index (χ4v) is 3.63. The minimum Gasteiger partial charge on any atom is -0.224 e. The molecule has 0 atom stereocenters. The Kier molecular flexibility index (Phi) is 4.18. The first-order chi connectivity index (χ1) is 11.8. The SMILES string of the molecule is Clc1cccc(C2=[N+](Cc3ccccc3)CCc3ccccc32)c1. The second-order valence-corrected chi connectivity index (χ2v) is 6.61. The normalized spacial score (nSPS) is 13.7. The van der Waals surface area contributed by atoms with Gasteiger partial charge in [-0.05, 0) is 29.8 Å². The molecule has 118 valence electrons. The van der Waals surface area contributed by atoms with Crippen LogP contribution in [0.5, 0.6) is 0 Å². The van der Waals surface area contributed by atoms with Gasteiger partial charge in [-0.15, -0.1) is 0 Å². The van der Waals surface area contributed by atoms with Gasteiger partial charge in [-0.3, -0.25) is 0 Å². The van der Waals surface area contributed by atoms with Gasteiger partial charge in [-0.1, -0.05) is 66.2 Å². The van der Waals surface area contributed by atoms with Gasteiger partial charge in [0, 0.05) is 28.1 Å².